The van der Waals surface area contributed by atoms with Gasteiger partial charge in [0.2, 0.25) is 11.9 Å². The van der Waals surface area contributed by atoms with Gasteiger partial charge in [0.25, 0.3) is 5.91 Å². The summed E-state index contributed by atoms with van der Waals surface area (Å²) in [5.41, 5.74) is 2.66. The van der Waals surface area contributed by atoms with Gasteiger partial charge in [-0.05, 0) is 50.2 Å². The van der Waals surface area contributed by atoms with Gasteiger partial charge in [-0.3, -0.25) is 9.59 Å². The maximum absolute atomic E-state index is 13.1. The van der Waals surface area contributed by atoms with Crippen LogP contribution in [0.2, 0.25) is 5.02 Å². The number of carbonyl (C=O) groups excluding carboxylic acids is 2. The summed E-state index contributed by atoms with van der Waals surface area (Å²) < 4.78 is 5.40. The lowest BCUT2D eigenvalue weighted by atomic mass is 10.0. The number of aliphatic hydroxyl groups excluding tert-OH is 1. The molecule has 1 aromatic heterocycles. The number of benzene rings is 1. The van der Waals surface area contributed by atoms with E-state index in [-0.39, 0.29) is 30.4 Å². The second-order valence-electron chi connectivity index (χ2n) is 9.63. The van der Waals surface area contributed by atoms with Gasteiger partial charge in [0.15, 0.2) is 0 Å². The number of hydrogen-bond donors (Lipinski definition) is 3. The quantitative estimate of drug-likeness (QED) is 0.511. The lowest BCUT2D eigenvalue weighted by Crippen LogP contribution is -2.47. The van der Waals surface area contributed by atoms with Crippen LogP contribution in [0.1, 0.15) is 48.5 Å². The van der Waals surface area contributed by atoms with E-state index in [1.165, 1.54) is 4.90 Å². The van der Waals surface area contributed by atoms with Crippen molar-refractivity contribution >= 4 is 29.4 Å². The number of halogens is 1. The molecule has 3 N–H and O–H groups in total. The van der Waals surface area contributed by atoms with Crippen LogP contribution in [0.5, 0.6) is 0 Å². The predicted octanol–water partition coefficient (Wildman–Crippen LogP) is 2.62. The normalized spacial score (nSPS) is 19.9. The van der Waals surface area contributed by atoms with Crippen molar-refractivity contribution in [3.05, 3.63) is 40.5 Å². The molecule has 2 aliphatic heterocycles. The van der Waals surface area contributed by atoms with Gasteiger partial charge in [0.05, 0.1) is 29.1 Å². The zero-order valence-corrected chi connectivity index (χ0v) is 20.4. The Hall–Kier alpha value is -2.75. The largest absolute Gasteiger partial charge is 0.391 e. The molecule has 2 fully saturated rings. The number of aliphatic hydroxyl groups is 1. The van der Waals surface area contributed by atoms with Crippen LogP contribution in [0.4, 0.5) is 5.95 Å². The van der Waals surface area contributed by atoms with E-state index in [2.05, 4.69) is 20.6 Å². The van der Waals surface area contributed by atoms with Crippen LogP contribution in [0.3, 0.4) is 0 Å². The number of anilines is 1. The topological polar surface area (TPSA) is 117 Å². The highest BCUT2D eigenvalue weighted by Gasteiger charge is 2.36. The van der Waals surface area contributed by atoms with E-state index in [0.29, 0.717) is 53.5 Å². The molecule has 0 spiro atoms. The molecule has 5 rings (SSSR count). The molecule has 1 aliphatic carbocycles. The first-order valence-electron chi connectivity index (χ1n) is 12.2. The molecular weight excluding hydrogens is 470 g/mol. The third-order valence-electron chi connectivity index (χ3n) is 6.87. The van der Waals surface area contributed by atoms with Gasteiger partial charge in [-0.2, -0.15) is 0 Å². The van der Waals surface area contributed by atoms with E-state index in [1.807, 2.05) is 12.1 Å². The number of aromatic nitrogens is 2. The Kier molecular flexibility index (Phi) is 6.91. The van der Waals surface area contributed by atoms with Crippen molar-refractivity contribution in [2.45, 2.75) is 57.3 Å². The van der Waals surface area contributed by atoms with Crippen molar-refractivity contribution in [1.82, 2.24) is 20.2 Å². The Morgan fingerprint density at radius 2 is 2.06 bits per heavy atom. The molecule has 2 atom stereocenters. The van der Waals surface area contributed by atoms with Crippen molar-refractivity contribution in [3.8, 4) is 11.3 Å². The molecule has 1 aromatic carbocycles. The van der Waals surface area contributed by atoms with Gasteiger partial charge < -0.3 is 25.4 Å². The number of rotatable bonds is 8. The zero-order chi connectivity index (χ0) is 24.5. The third kappa shape index (κ3) is 5.42. The fourth-order valence-corrected chi connectivity index (χ4v) is 4.99. The van der Waals surface area contributed by atoms with Crippen LogP contribution >= 0.6 is 11.6 Å². The van der Waals surface area contributed by atoms with Crippen LogP contribution in [0.15, 0.2) is 24.4 Å². The van der Waals surface area contributed by atoms with Crippen LogP contribution < -0.4 is 10.6 Å². The maximum Gasteiger partial charge on any atom is 0.254 e. The van der Waals surface area contributed by atoms with Crippen molar-refractivity contribution in [1.29, 1.82) is 0 Å². The minimum atomic E-state index is -0.621. The van der Waals surface area contributed by atoms with E-state index in [4.69, 9.17) is 16.3 Å². The average Bonchev–Trinajstić information content (AvgIpc) is 3.64. The molecule has 35 heavy (non-hydrogen) atoms. The summed E-state index contributed by atoms with van der Waals surface area (Å²) in [7, 11) is 0. The van der Waals surface area contributed by atoms with Crippen molar-refractivity contribution < 1.29 is 19.4 Å². The molecule has 2 amide bonds. The van der Waals surface area contributed by atoms with Gasteiger partial charge in [-0.1, -0.05) is 23.7 Å². The van der Waals surface area contributed by atoms with Gasteiger partial charge in [0, 0.05) is 36.9 Å². The van der Waals surface area contributed by atoms with E-state index in [1.54, 1.807) is 19.2 Å². The summed E-state index contributed by atoms with van der Waals surface area (Å²) in [5, 5.41) is 16.6. The van der Waals surface area contributed by atoms with Crippen LogP contribution in [-0.2, 0) is 16.1 Å². The van der Waals surface area contributed by atoms with Crippen LogP contribution in [0.25, 0.3) is 11.3 Å². The minimum Gasteiger partial charge on any atom is -0.391 e. The van der Waals surface area contributed by atoms with Gasteiger partial charge >= 0.3 is 0 Å². The number of nitrogens with one attached hydrogen (secondary N) is 2. The Labute approximate surface area is 209 Å². The summed E-state index contributed by atoms with van der Waals surface area (Å²) in [5.74, 6) is 0.343. The second kappa shape index (κ2) is 10.1. The molecule has 10 heteroatoms. The summed E-state index contributed by atoms with van der Waals surface area (Å²) in [6.07, 6.45) is 4.72. The standard InChI is InChI=1S/C25H30ClN5O4/c1-14(32)22(15-2-3-15)29-21(33)13-31-12-17-5-4-16(10-19(17)24(31)34)23-20(26)11-27-25(30-23)28-18-6-8-35-9-7-18/h4-5,10-11,14-15,18,22,32H,2-3,6-9,12-13H2,1H3,(H,29,33)(H,27,28,30)/t14-,22+/m0/s1. The Morgan fingerprint density at radius 3 is 2.77 bits per heavy atom. The van der Waals surface area contributed by atoms with Crippen molar-refractivity contribution in [2.75, 3.05) is 25.1 Å². The minimum absolute atomic E-state index is 0.0494. The zero-order valence-electron chi connectivity index (χ0n) is 19.7. The maximum atomic E-state index is 13.1. The van der Waals surface area contributed by atoms with Crippen LogP contribution in [0, 0.1) is 5.92 Å². The number of nitrogens with zero attached hydrogens (tertiary/aromatic N) is 3. The Balaban J connectivity index is 1.28. The highest BCUT2D eigenvalue weighted by Crippen LogP contribution is 2.34. The van der Waals surface area contributed by atoms with Gasteiger partial charge in [-0.25, -0.2) is 9.97 Å². The third-order valence-corrected chi connectivity index (χ3v) is 7.15. The average molecular weight is 500 g/mol. The highest BCUT2D eigenvalue weighted by atomic mass is 35.5. The molecule has 9 nitrogen and oxygen atoms in total. The Bertz CT molecular complexity index is 1120. The van der Waals surface area contributed by atoms with E-state index < -0.39 is 6.10 Å². The first-order chi connectivity index (χ1) is 16.9. The van der Waals surface area contributed by atoms with Crippen LogP contribution in [-0.4, -0.2) is 69.7 Å². The number of fused-ring (bicyclic) bond motifs is 1. The lowest BCUT2D eigenvalue weighted by molar-refractivity contribution is -0.123. The fourth-order valence-electron chi connectivity index (χ4n) is 4.79. The van der Waals surface area contributed by atoms with Crippen molar-refractivity contribution in [2.24, 2.45) is 5.92 Å². The summed E-state index contributed by atoms with van der Waals surface area (Å²) in [6.45, 7) is 3.41. The first-order valence-corrected chi connectivity index (χ1v) is 12.5. The molecular formula is C25H30ClN5O4. The number of carbonyl (C=O) groups is 2. The summed E-state index contributed by atoms with van der Waals surface area (Å²) in [4.78, 5) is 36.2. The molecule has 1 saturated carbocycles. The first kappa shape index (κ1) is 24.0. The molecule has 2 aromatic rings. The Morgan fingerprint density at radius 1 is 1.29 bits per heavy atom. The number of hydrogen-bond acceptors (Lipinski definition) is 7. The number of amides is 2. The molecule has 0 bridgehead atoms. The second-order valence-corrected chi connectivity index (χ2v) is 10.0. The summed E-state index contributed by atoms with van der Waals surface area (Å²) in [6, 6.07) is 5.53. The molecule has 186 valence electrons. The molecule has 3 aliphatic rings. The monoisotopic (exact) mass is 499 g/mol. The predicted molar refractivity (Wildman–Crippen MR) is 131 cm³/mol. The molecule has 1 saturated heterocycles. The number of ether oxygens (including phenoxy) is 1. The fraction of sp³-hybridized carbons (Fsp3) is 0.520. The molecule has 0 radical (unpaired) electrons. The lowest BCUT2D eigenvalue weighted by Gasteiger charge is -2.23. The molecule has 0 unspecified atom stereocenters. The van der Waals surface area contributed by atoms with E-state index >= 15 is 0 Å². The molecule has 3 heterocycles. The smallest absolute Gasteiger partial charge is 0.254 e. The van der Waals surface area contributed by atoms with Gasteiger partial charge in [-0.15, -0.1) is 0 Å². The summed E-state index contributed by atoms with van der Waals surface area (Å²) >= 11 is 6.42. The SMILES string of the molecule is C[C@H](O)[C@@H](NC(=O)CN1Cc2ccc(-c3nc(NC4CCOCC4)ncc3Cl)cc2C1=O)C1CC1. The van der Waals surface area contributed by atoms with E-state index in [0.717, 1.165) is 31.2 Å². The van der Waals surface area contributed by atoms with Crippen molar-refractivity contribution in [3.63, 3.8) is 0 Å². The van der Waals surface area contributed by atoms with E-state index in [9.17, 15) is 14.7 Å². The highest BCUT2D eigenvalue weighted by molar-refractivity contribution is 6.33. The van der Waals surface area contributed by atoms with Gasteiger partial charge in [0.1, 0.15) is 6.54 Å².